The lowest BCUT2D eigenvalue weighted by molar-refractivity contribution is -0.205. The number of aromatic nitrogens is 2. The zero-order valence-corrected chi connectivity index (χ0v) is 67.1. The minimum Gasteiger partial charge on any atom is -0.466 e. The number of hydrogen-bond acceptors (Lipinski definition) is 20. The van der Waals surface area contributed by atoms with Crippen molar-refractivity contribution in [1.82, 2.24) is 35.3 Å². The zero-order chi connectivity index (χ0) is 79.9. The van der Waals surface area contributed by atoms with Crippen molar-refractivity contribution in [2.75, 3.05) is 160 Å². The van der Waals surface area contributed by atoms with Gasteiger partial charge < -0.3 is 93.7 Å². The van der Waals surface area contributed by atoms with E-state index in [1.807, 2.05) is 26.1 Å². The molecule has 8 amide bonds. The maximum absolute atomic E-state index is 15.0. The van der Waals surface area contributed by atoms with E-state index in [1.165, 1.54) is 18.2 Å². The highest BCUT2D eigenvalue weighted by Crippen LogP contribution is 2.75. The van der Waals surface area contributed by atoms with Gasteiger partial charge in [0, 0.05) is 142 Å². The average molecular weight is 1640 g/mol. The zero-order valence-electron chi connectivity index (χ0n) is 63.0. The number of nitrogens with two attached hydrogens (primary N) is 1. The fourth-order valence-electron chi connectivity index (χ4n) is 14.9. The van der Waals surface area contributed by atoms with Crippen LogP contribution in [0.5, 0.6) is 11.5 Å². The van der Waals surface area contributed by atoms with Crippen LogP contribution in [0.2, 0.25) is 0 Å². The molecule has 3 fully saturated rings. The number of phosphoric acid groups is 1. The van der Waals surface area contributed by atoms with Crippen LogP contribution in [0.1, 0.15) is 98.4 Å². The third kappa shape index (κ3) is 21.1. The van der Waals surface area contributed by atoms with E-state index in [-0.39, 0.29) is 147 Å². The number of nitrogens with one attached hydrogen (secondary N) is 5. The second-order valence-electron chi connectivity index (χ2n) is 28.9. The van der Waals surface area contributed by atoms with Crippen LogP contribution < -0.4 is 40.7 Å². The van der Waals surface area contributed by atoms with Crippen molar-refractivity contribution in [3.8, 4) is 11.5 Å². The van der Waals surface area contributed by atoms with Crippen molar-refractivity contribution >= 4 is 152 Å². The van der Waals surface area contributed by atoms with E-state index in [1.54, 1.807) is 78.0 Å². The number of alkyl halides is 2. The number of ketones is 1. The summed E-state index contributed by atoms with van der Waals surface area (Å²) in [6, 6.07) is 8.68. The SMILES string of the molecule is Cc1c[nH]c2c(OC(=S)N(C)CCN(C)C(=S)OCc3ccc(NC(=O)[C@H](CCCNC(N)=O)CC(=O)[C@@H](NC(=O)CCOCCOCCOCCOCCOCCOCCN4C(=O)C=CC4=O)C(C)C)cc3)cc3c(c12)[C@H](CCl)CN3C(=O)C12CC(C(=O)N3C[C@@H](CCl)c4c3cc(OP(=O)(O)O)c3[nH]cc(C)c43)(C1)C2. The number of urea groups is 1. The Morgan fingerprint density at radius 2 is 1.18 bits per heavy atom. The number of carbonyl (C=O) groups excluding carboxylic acids is 8. The Morgan fingerprint density at radius 1 is 0.703 bits per heavy atom. The standard InChI is InChI=1S/C75H98Cl2N11O20PS2/c1-45(2)65(83-58(90)15-20-100-22-24-102-26-28-104-30-31-105-29-27-103-25-23-101-21-19-86-59(91)13-14-60(86)92)55(89)32-49(8-7-16-79-71(78)96)68(93)82-52-11-9-48(10-12-52)41-106-72(110)84(5)17-18-85(6)73(111)107-56-33-53-63(61-46(3)37-80-66(56)61)50(35-76)39-87(53)69(94)74-42-75(43-74,44-74)70(95)88-40-51(36-77)64-54(88)34-57(108-109(97,98)99)67-62(64)47(4)38-81-67/h9-14,33-34,37-38,45,49-51,65,80-81H,7-8,15-32,35-36,39-44H2,1-6H3,(H,82,93)(H,83,90)(H3,78,79,96)(H2,97,98,99)/t49-,50-,51-,65+,74?,75?/m1/s1. The van der Waals surface area contributed by atoms with Crippen LogP contribution in [-0.2, 0) is 77.9 Å². The molecule has 9 N–H and O–H groups in total. The van der Waals surface area contributed by atoms with E-state index in [0.29, 0.717) is 137 Å². The smallest absolute Gasteiger partial charge is 0.466 e. The number of benzene rings is 3. The van der Waals surface area contributed by atoms with Gasteiger partial charge in [-0.2, -0.15) is 0 Å². The van der Waals surface area contributed by atoms with Crippen molar-refractivity contribution in [3.63, 3.8) is 0 Å². The summed E-state index contributed by atoms with van der Waals surface area (Å²) in [4.78, 5) is 139. The predicted molar refractivity (Wildman–Crippen MR) is 422 cm³/mol. The van der Waals surface area contributed by atoms with Gasteiger partial charge in [0.1, 0.15) is 6.61 Å². The molecule has 2 aromatic heterocycles. The predicted octanol–water partition coefficient (Wildman–Crippen LogP) is 7.49. The number of imide groups is 1. The van der Waals surface area contributed by atoms with Crippen LogP contribution >= 0.6 is 55.5 Å². The molecule has 6 aliphatic rings. The van der Waals surface area contributed by atoms with Gasteiger partial charge in [-0.3, -0.25) is 48.2 Å². The van der Waals surface area contributed by atoms with E-state index in [9.17, 15) is 47.9 Å². The number of likely N-dealkylation sites (N-methyl/N-ethyl adjacent to an activating group) is 2. The Labute approximate surface area is 664 Å². The van der Waals surface area contributed by atoms with E-state index in [0.717, 1.165) is 38.1 Å². The second kappa shape index (κ2) is 38.8. The molecular weight excluding hydrogens is 1540 g/mol. The molecule has 111 heavy (non-hydrogen) atoms. The summed E-state index contributed by atoms with van der Waals surface area (Å²) in [6.07, 6.45) is 7.40. The number of halogens is 2. The van der Waals surface area contributed by atoms with Gasteiger partial charge in [-0.05, 0) is 116 Å². The molecule has 0 unspecified atom stereocenters. The number of anilines is 3. The van der Waals surface area contributed by atoms with E-state index < -0.39 is 48.5 Å². The van der Waals surface area contributed by atoms with Gasteiger partial charge in [0.2, 0.25) is 23.6 Å². The van der Waals surface area contributed by atoms with Crippen LogP contribution in [0, 0.1) is 36.5 Å². The van der Waals surface area contributed by atoms with Gasteiger partial charge in [-0.25, -0.2) is 9.36 Å². The first-order chi connectivity index (χ1) is 53.1. The highest BCUT2D eigenvalue weighted by Gasteiger charge is 2.76. The van der Waals surface area contributed by atoms with Crippen LogP contribution in [0.4, 0.5) is 21.9 Å². The lowest BCUT2D eigenvalue weighted by atomic mass is 9.34. The minimum atomic E-state index is -4.98. The lowest BCUT2D eigenvalue weighted by Gasteiger charge is -2.69. The number of thiocarbonyl (C=S) groups is 2. The number of aryl methyl sites for hydroxylation is 2. The summed E-state index contributed by atoms with van der Waals surface area (Å²) in [6.45, 7) is 12.9. The highest BCUT2D eigenvalue weighted by molar-refractivity contribution is 7.80. The van der Waals surface area contributed by atoms with Crippen LogP contribution in [-0.4, -0.2) is 243 Å². The summed E-state index contributed by atoms with van der Waals surface area (Å²) in [7, 11) is -1.40. The number of rotatable bonds is 44. The Hall–Kier alpha value is -7.89. The molecule has 3 aliphatic heterocycles. The first-order valence-corrected chi connectivity index (χ1v) is 40.3. The second-order valence-corrected chi connectivity index (χ2v) is 31.4. The third-order valence-electron chi connectivity index (χ3n) is 20.5. The quantitative estimate of drug-likeness (QED) is 0.00615. The van der Waals surface area contributed by atoms with E-state index in [2.05, 4.69) is 25.9 Å². The molecule has 0 spiro atoms. The summed E-state index contributed by atoms with van der Waals surface area (Å²) < 4.78 is 62.8. The Bertz CT molecular complexity index is 4290. The molecule has 0 saturated heterocycles. The van der Waals surface area contributed by atoms with Gasteiger partial charge in [-0.15, -0.1) is 23.2 Å². The molecule has 3 aromatic carbocycles. The number of amides is 8. The first kappa shape index (κ1) is 85.5. The molecule has 0 radical (unpaired) electrons. The van der Waals surface area contributed by atoms with Gasteiger partial charge in [-0.1, -0.05) is 26.0 Å². The summed E-state index contributed by atoms with van der Waals surface area (Å²) in [5.74, 6) is -2.95. The monoisotopic (exact) mass is 1640 g/mol. The molecule has 31 nitrogen and oxygen atoms in total. The average Bonchev–Trinajstić information content (AvgIpc) is 1.58. The largest absolute Gasteiger partial charge is 0.524 e. The van der Waals surface area contributed by atoms with Crippen molar-refractivity contribution in [2.24, 2.45) is 28.4 Å². The molecule has 5 aromatic rings. The topological polar surface area (TPSA) is 387 Å². The maximum atomic E-state index is 15.0. The van der Waals surface area contributed by atoms with E-state index in [4.69, 9.17) is 95.8 Å². The van der Waals surface area contributed by atoms with Crippen molar-refractivity contribution in [3.05, 3.63) is 88.8 Å². The van der Waals surface area contributed by atoms with Gasteiger partial charge in [0.05, 0.1) is 125 Å². The number of primary amides is 1. The number of ether oxygens (including phenoxy) is 8. The Balaban J connectivity index is 0.631. The van der Waals surface area contributed by atoms with Gasteiger partial charge in [0.25, 0.3) is 22.2 Å². The molecule has 604 valence electrons. The fraction of sp³-hybridized carbons (Fsp3) is 0.547. The van der Waals surface area contributed by atoms with Gasteiger partial charge >= 0.3 is 13.9 Å². The Morgan fingerprint density at radius 3 is 1.67 bits per heavy atom. The number of aromatic amines is 2. The molecule has 36 heteroatoms. The maximum Gasteiger partial charge on any atom is 0.524 e. The lowest BCUT2D eigenvalue weighted by Crippen LogP contribution is -2.73. The molecule has 4 atom stereocenters. The molecule has 11 rings (SSSR count). The number of nitrogens with zero attached hydrogens (tertiary/aromatic N) is 5. The van der Waals surface area contributed by atoms with Gasteiger partial charge in [0.15, 0.2) is 17.3 Å². The summed E-state index contributed by atoms with van der Waals surface area (Å²) in [5, 5.41) is 10.2. The Kier molecular flexibility index (Phi) is 29.9. The summed E-state index contributed by atoms with van der Waals surface area (Å²) >= 11 is 24.9. The number of fused-ring (bicyclic) bond motifs is 6. The van der Waals surface area contributed by atoms with Crippen LogP contribution in [0.25, 0.3) is 21.8 Å². The number of phosphoric ester groups is 1. The van der Waals surface area contributed by atoms with E-state index >= 15 is 4.79 Å². The van der Waals surface area contributed by atoms with Crippen LogP contribution in [0.15, 0.2) is 60.9 Å². The van der Waals surface area contributed by atoms with Crippen molar-refractivity contribution in [2.45, 2.75) is 97.1 Å². The van der Waals surface area contributed by atoms with Crippen LogP contribution in [0.3, 0.4) is 0 Å². The highest BCUT2D eigenvalue weighted by atomic mass is 35.5. The molecule has 3 aliphatic carbocycles. The van der Waals surface area contributed by atoms with Crippen molar-refractivity contribution < 1.29 is 95.1 Å². The third-order valence-corrected chi connectivity index (χ3v) is 22.5. The number of Topliss-reactive ketones (excluding diaryl/α,β-unsaturated/α-hetero) is 1. The minimum absolute atomic E-state index is 0.0132. The summed E-state index contributed by atoms with van der Waals surface area (Å²) in [5.41, 5.74) is 10.6. The number of H-pyrrole nitrogens is 2. The molecule has 3 saturated carbocycles. The fourth-order valence-corrected chi connectivity index (χ4v) is 16.1. The molecule has 2 bridgehead atoms. The van der Waals surface area contributed by atoms with Crippen molar-refractivity contribution in [1.29, 1.82) is 0 Å². The number of carbonyl (C=O) groups is 8. The molecule has 5 heterocycles. The first-order valence-electron chi connectivity index (χ1n) is 36.9. The molecular formula is C75H98Cl2N11O20PS2. The number of hydrogen-bond donors (Lipinski definition) is 8. The normalized spacial score (nSPS) is 18.7.